The fourth-order valence-electron chi connectivity index (χ4n) is 3.43. The van der Waals surface area contributed by atoms with E-state index in [-0.39, 0.29) is 11.7 Å². The second kappa shape index (κ2) is 7.25. The topological polar surface area (TPSA) is 63.0 Å². The minimum absolute atomic E-state index is 0.0622. The van der Waals surface area contributed by atoms with Crippen LogP contribution in [-0.2, 0) is 13.1 Å². The average molecular weight is 352 g/mol. The number of furan rings is 1. The Balaban J connectivity index is 1.50. The third-order valence-electron chi connectivity index (χ3n) is 4.68. The molecule has 3 heterocycles. The standard InChI is InChI=1S/C20H21FN4O/c1-13-24-18-12-22-11-17(18)20(25-13)23-9-8-16(19-3-2-10-26-19)14-4-6-15(21)7-5-14/h2-7,10,16,22H,8-9,11-12H2,1H3,(H,23,24,25)/t16-/m1/s1. The van der Waals surface area contributed by atoms with Gasteiger partial charge in [0.1, 0.15) is 23.2 Å². The fraction of sp³-hybridized carbons (Fsp3) is 0.300. The number of nitrogens with zero attached hydrogens (tertiary/aromatic N) is 2. The molecule has 0 amide bonds. The third kappa shape index (κ3) is 3.46. The molecule has 0 unspecified atom stereocenters. The van der Waals surface area contributed by atoms with Crippen LogP contribution in [0.1, 0.15) is 40.7 Å². The summed E-state index contributed by atoms with van der Waals surface area (Å²) >= 11 is 0. The molecule has 6 heteroatoms. The second-order valence-corrected chi connectivity index (χ2v) is 6.48. The van der Waals surface area contributed by atoms with Crippen molar-refractivity contribution in [3.63, 3.8) is 0 Å². The summed E-state index contributed by atoms with van der Waals surface area (Å²) in [5.41, 5.74) is 3.25. The van der Waals surface area contributed by atoms with Gasteiger partial charge in [0.15, 0.2) is 0 Å². The van der Waals surface area contributed by atoms with Crippen LogP contribution < -0.4 is 10.6 Å². The van der Waals surface area contributed by atoms with Gasteiger partial charge in [0, 0.05) is 31.1 Å². The number of hydrogen-bond donors (Lipinski definition) is 2. The molecule has 1 aromatic carbocycles. The summed E-state index contributed by atoms with van der Waals surface area (Å²) in [5.74, 6) is 2.38. The van der Waals surface area contributed by atoms with E-state index in [2.05, 4.69) is 20.6 Å². The maximum atomic E-state index is 13.3. The minimum atomic E-state index is -0.232. The Morgan fingerprint density at radius 1 is 1.19 bits per heavy atom. The summed E-state index contributed by atoms with van der Waals surface area (Å²) < 4.78 is 18.9. The van der Waals surface area contributed by atoms with Crippen molar-refractivity contribution in [2.75, 3.05) is 11.9 Å². The number of rotatable bonds is 6. The van der Waals surface area contributed by atoms with Gasteiger partial charge in [-0.2, -0.15) is 0 Å². The first kappa shape index (κ1) is 16.7. The van der Waals surface area contributed by atoms with Crippen LogP contribution in [0.4, 0.5) is 10.2 Å². The number of halogens is 1. The van der Waals surface area contributed by atoms with Gasteiger partial charge >= 0.3 is 0 Å². The highest BCUT2D eigenvalue weighted by atomic mass is 19.1. The van der Waals surface area contributed by atoms with Crippen LogP contribution in [0.3, 0.4) is 0 Å². The zero-order valence-electron chi connectivity index (χ0n) is 14.6. The van der Waals surface area contributed by atoms with Crippen LogP contribution in [0.2, 0.25) is 0 Å². The van der Waals surface area contributed by atoms with Gasteiger partial charge in [0.2, 0.25) is 0 Å². The van der Waals surface area contributed by atoms with E-state index in [0.29, 0.717) is 0 Å². The summed E-state index contributed by atoms with van der Waals surface area (Å²) in [5, 5.41) is 6.77. The van der Waals surface area contributed by atoms with Gasteiger partial charge in [0.05, 0.1) is 12.0 Å². The van der Waals surface area contributed by atoms with Gasteiger partial charge in [-0.15, -0.1) is 0 Å². The van der Waals surface area contributed by atoms with Gasteiger partial charge in [-0.05, 0) is 43.2 Å². The second-order valence-electron chi connectivity index (χ2n) is 6.48. The first-order valence-corrected chi connectivity index (χ1v) is 8.80. The molecule has 0 radical (unpaired) electrons. The van der Waals surface area contributed by atoms with E-state index in [1.807, 2.05) is 31.2 Å². The Morgan fingerprint density at radius 2 is 2.04 bits per heavy atom. The average Bonchev–Trinajstić information content (AvgIpc) is 3.31. The van der Waals surface area contributed by atoms with Gasteiger partial charge in [0.25, 0.3) is 0 Å². The molecule has 5 nitrogen and oxygen atoms in total. The molecule has 0 saturated carbocycles. The van der Waals surface area contributed by atoms with E-state index >= 15 is 0 Å². The molecule has 0 fully saturated rings. The monoisotopic (exact) mass is 352 g/mol. The highest BCUT2D eigenvalue weighted by Gasteiger charge is 2.20. The zero-order valence-corrected chi connectivity index (χ0v) is 14.6. The Labute approximate surface area is 151 Å². The van der Waals surface area contributed by atoms with Crippen molar-refractivity contribution in [1.82, 2.24) is 15.3 Å². The molecule has 134 valence electrons. The first-order valence-electron chi connectivity index (χ1n) is 8.80. The van der Waals surface area contributed by atoms with Crippen LogP contribution in [0.15, 0.2) is 47.1 Å². The summed E-state index contributed by atoms with van der Waals surface area (Å²) in [6, 6.07) is 10.5. The largest absolute Gasteiger partial charge is 0.469 e. The molecular weight excluding hydrogens is 331 g/mol. The van der Waals surface area contributed by atoms with Crippen molar-refractivity contribution >= 4 is 5.82 Å². The summed E-state index contributed by atoms with van der Waals surface area (Å²) in [6.07, 6.45) is 2.48. The Morgan fingerprint density at radius 3 is 2.81 bits per heavy atom. The maximum absolute atomic E-state index is 13.3. The molecule has 0 spiro atoms. The Hall–Kier alpha value is -2.73. The molecule has 2 aromatic heterocycles. The molecule has 0 saturated heterocycles. The van der Waals surface area contributed by atoms with Gasteiger partial charge in [-0.25, -0.2) is 14.4 Å². The molecule has 0 aliphatic carbocycles. The maximum Gasteiger partial charge on any atom is 0.134 e. The molecular formula is C20H21FN4O. The first-order chi connectivity index (χ1) is 12.7. The Bertz CT molecular complexity index is 878. The smallest absolute Gasteiger partial charge is 0.134 e. The van der Waals surface area contributed by atoms with Crippen LogP contribution in [0, 0.1) is 12.7 Å². The van der Waals surface area contributed by atoms with Crippen molar-refractivity contribution in [3.8, 4) is 0 Å². The summed E-state index contributed by atoms with van der Waals surface area (Å²) in [6.45, 7) is 4.22. The van der Waals surface area contributed by atoms with Crippen LogP contribution in [0.5, 0.6) is 0 Å². The molecule has 4 rings (SSSR count). The number of anilines is 1. The molecule has 26 heavy (non-hydrogen) atoms. The minimum Gasteiger partial charge on any atom is -0.469 e. The number of aryl methyl sites for hydroxylation is 1. The number of aromatic nitrogens is 2. The molecule has 0 bridgehead atoms. The summed E-state index contributed by atoms with van der Waals surface area (Å²) in [7, 11) is 0. The van der Waals surface area contributed by atoms with Crippen molar-refractivity contribution < 1.29 is 8.81 Å². The molecule has 1 aliphatic rings. The predicted molar refractivity (Wildman–Crippen MR) is 97.4 cm³/mol. The third-order valence-corrected chi connectivity index (χ3v) is 4.68. The zero-order chi connectivity index (χ0) is 17.9. The highest BCUT2D eigenvalue weighted by molar-refractivity contribution is 5.48. The lowest BCUT2D eigenvalue weighted by molar-refractivity contribution is 0.477. The predicted octanol–water partition coefficient (Wildman–Crippen LogP) is 3.75. The molecule has 1 atom stereocenters. The van der Waals surface area contributed by atoms with Crippen LogP contribution in [0.25, 0.3) is 0 Å². The van der Waals surface area contributed by atoms with Gasteiger partial charge in [-0.3, -0.25) is 0 Å². The molecule has 2 N–H and O–H groups in total. The lowest BCUT2D eigenvalue weighted by Crippen LogP contribution is -2.12. The summed E-state index contributed by atoms with van der Waals surface area (Å²) in [4.78, 5) is 9.04. The lowest BCUT2D eigenvalue weighted by atomic mass is 9.93. The molecule has 3 aromatic rings. The van der Waals surface area contributed by atoms with E-state index in [9.17, 15) is 4.39 Å². The van der Waals surface area contributed by atoms with Gasteiger partial charge < -0.3 is 15.1 Å². The van der Waals surface area contributed by atoms with E-state index in [1.54, 1.807) is 6.26 Å². The Kier molecular flexibility index (Phi) is 4.67. The van der Waals surface area contributed by atoms with E-state index < -0.39 is 0 Å². The number of nitrogens with one attached hydrogen (secondary N) is 2. The van der Waals surface area contributed by atoms with Crippen molar-refractivity contribution in [2.24, 2.45) is 0 Å². The number of benzene rings is 1. The normalized spacial score (nSPS) is 14.2. The van der Waals surface area contributed by atoms with E-state index in [4.69, 9.17) is 4.42 Å². The number of fused-ring (bicyclic) bond motifs is 1. The van der Waals surface area contributed by atoms with Crippen molar-refractivity contribution in [1.29, 1.82) is 0 Å². The van der Waals surface area contributed by atoms with Gasteiger partial charge in [-0.1, -0.05) is 12.1 Å². The quantitative estimate of drug-likeness (QED) is 0.707. The van der Waals surface area contributed by atoms with Crippen molar-refractivity contribution in [2.45, 2.75) is 32.4 Å². The lowest BCUT2D eigenvalue weighted by Gasteiger charge is -2.17. The van der Waals surface area contributed by atoms with E-state index in [1.165, 1.54) is 12.1 Å². The van der Waals surface area contributed by atoms with Crippen LogP contribution >= 0.6 is 0 Å². The fourth-order valence-corrected chi connectivity index (χ4v) is 3.43. The van der Waals surface area contributed by atoms with E-state index in [0.717, 1.165) is 60.3 Å². The highest BCUT2D eigenvalue weighted by Crippen LogP contribution is 2.29. The number of hydrogen-bond acceptors (Lipinski definition) is 5. The molecule has 1 aliphatic heterocycles. The van der Waals surface area contributed by atoms with Crippen molar-refractivity contribution in [3.05, 3.63) is 76.9 Å². The van der Waals surface area contributed by atoms with Crippen LogP contribution in [-0.4, -0.2) is 16.5 Å². The SMILES string of the molecule is Cc1nc2c(c(NCC[C@H](c3ccc(F)cc3)c3ccco3)n1)CNC2.